The van der Waals surface area contributed by atoms with E-state index in [2.05, 4.69) is 46.9 Å². The van der Waals surface area contributed by atoms with Crippen LogP contribution in [0.2, 0.25) is 0 Å². The van der Waals surface area contributed by atoms with Crippen molar-refractivity contribution in [1.29, 1.82) is 0 Å². The predicted molar refractivity (Wildman–Crippen MR) is 115 cm³/mol. The molecule has 1 fully saturated rings. The molecule has 0 aliphatic heterocycles. The van der Waals surface area contributed by atoms with Crippen molar-refractivity contribution in [3.8, 4) is 0 Å². The molecule has 156 valence electrons. The largest absolute Gasteiger partial charge is 0.382 e. The zero-order valence-corrected chi connectivity index (χ0v) is 19.2. The van der Waals surface area contributed by atoms with Gasteiger partial charge in [-0.15, -0.1) is 0 Å². The Labute approximate surface area is 167 Å². The van der Waals surface area contributed by atoms with Gasteiger partial charge in [-0.1, -0.05) is 67.7 Å². The number of unbranched alkanes of at least 4 members (excludes halogenated alkanes) is 1. The molecule has 1 saturated carbocycles. The van der Waals surface area contributed by atoms with E-state index in [9.17, 15) is 9.59 Å². The Hall–Kier alpha value is -1.12. The van der Waals surface area contributed by atoms with Crippen molar-refractivity contribution in [3.05, 3.63) is 11.3 Å². The van der Waals surface area contributed by atoms with Gasteiger partial charge in [0.25, 0.3) is 0 Å². The lowest BCUT2D eigenvalue weighted by Crippen LogP contribution is -2.44. The van der Waals surface area contributed by atoms with Crippen LogP contribution in [0.3, 0.4) is 0 Å². The highest BCUT2D eigenvalue weighted by Crippen LogP contribution is 2.38. The van der Waals surface area contributed by atoms with Crippen molar-refractivity contribution in [3.63, 3.8) is 0 Å². The number of Topliss-reactive ketones (excluding diaryl/α,β-unsaturated/α-hetero) is 2. The van der Waals surface area contributed by atoms with Crippen LogP contribution >= 0.6 is 0 Å². The standard InChI is InChI=1S/C24H43NO2/c1-9-12-14-22(4,5)15-18(25-24(8,11-3)13-10-2)21-19(26)16-23(6,7)17-20(21)27/h25H,9-17H2,1-8H3. The predicted octanol–water partition coefficient (Wildman–Crippen LogP) is 6.36. The van der Waals surface area contributed by atoms with Crippen LogP contribution in [0.25, 0.3) is 0 Å². The number of hydrogen-bond donors (Lipinski definition) is 1. The maximum atomic E-state index is 13.0. The SMILES string of the molecule is CCCCC(C)(C)CC(NC(C)(CC)CCC)=C1C(=O)CC(C)(C)CC1=O. The number of nitrogens with one attached hydrogen (secondary N) is 1. The first-order valence-corrected chi connectivity index (χ1v) is 11.0. The third-order valence-corrected chi connectivity index (χ3v) is 6.03. The van der Waals surface area contributed by atoms with Crippen molar-refractivity contribution < 1.29 is 9.59 Å². The first-order valence-electron chi connectivity index (χ1n) is 11.0. The number of ketones is 2. The summed E-state index contributed by atoms with van der Waals surface area (Å²) in [6, 6.07) is 0. The summed E-state index contributed by atoms with van der Waals surface area (Å²) in [5.41, 5.74) is 1.14. The molecule has 0 bridgehead atoms. The number of rotatable bonds is 10. The number of hydrogen-bond acceptors (Lipinski definition) is 3. The minimum atomic E-state index is -0.224. The second-order valence-electron chi connectivity index (χ2n) is 10.5. The molecule has 0 saturated heterocycles. The smallest absolute Gasteiger partial charge is 0.168 e. The number of carbonyl (C=O) groups is 2. The molecule has 1 unspecified atom stereocenters. The summed E-state index contributed by atoms with van der Waals surface area (Å²) in [7, 11) is 0. The average Bonchev–Trinajstić information content (AvgIpc) is 2.50. The van der Waals surface area contributed by atoms with E-state index in [-0.39, 0.29) is 27.9 Å². The summed E-state index contributed by atoms with van der Waals surface area (Å²) in [4.78, 5) is 26.0. The average molecular weight is 378 g/mol. The lowest BCUT2D eigenvalue weighted by atomic mass is 9.72. The van der Waals surface area contributed by atoms with E-state index in [0.29, 0.717) is 18.4 Å². The van der Waals surface area contributed by atoms with Gasteiger partial charge in [0.05, 0.1) is 5.57 Å². The molecule has 27 heavy (non-hydrogen) atoms. The maximum absolute atomic E-state index is 13.0. The van der Waals surface area contributed by atoms with Crippen LogP contribution in [0.1, 0.15) is 113 Å². The maximum Gasteiger partial charge on any atom is 0.168 e. The fourth-order valence-corrected chi connectivity index (χ4v) is 4.26. The molecule has 1 aliphatic carbocycles. The molecule has 0 heterocycles. The van der Waals surface area contributed by atoms with E-state index in [4.69, 9.17) is 0 Å². The van der Waals surface area contributed by atoms with Gasteiger partial charge in [-0.05, 0) is 43.4 Å². The van der Waals surface area contributed by atoms with Crippen molar-refractivity contribution in [2.45, 2.75) is 119 Å². The first kappa shape index (κ1) is 23.9. The third kappa shape index (κ3) is 7.08. The van der Waals surface area contributed by atoms with Crippen LogP contribution in [-0.2, 0) is 9.59 Å². The van der Waals surface area contributed by atoms with Crippen molar-refractivity contribution in [2.24, 2.45) is 10.8 Å². The summed E-state index contributed by atoms with van der Waals surface area (Å²) >= 11 is 0. The van der Waals surface area contributed by atoms with E-state index >= 15 is 0 Å². The second kappa shape index (κ2) is 9.39. The summed E-state index contributed by atoms with van der Waals surface area (Å²) in [5.74, 6) is 0.0555. The van der Waals surface area contributed by atoms with Gasteiger partial charge in [-0.2, -0.15) is 0 Å². The van der Waals surface area contributed by atoms with Crippen molar-refractivity contribution >= 4 is 11.6 Å². The second-order valence-corrected chi connectivity index (χ2v) is 10.5. The molecule has 0 spiro atoms. The fraction of sp³-hybridized carbons (Fsp3) is 0.833. The lowest BCUT2D eigenvalue weighted by Gasteiger charge is -2.38. The molecule has 1 aliphatic rings. The van der Waals surface area contributed by atoms with Gasteiger partial charge < -0.3 is 5.32 Å². The van der Waals surface area contributed by atoms with Crippen LogP contribution < -0.4 is 5.32 Å². The zero-order chi connectivity index (χ0) is 20.9. The molecular weight excluding hydrogens is 334 g/mol. The van der Waals surface area contributed by atoms with Crippen molar-refractivity contribution in [1.82, 2.24) is 5.32 Å². The van der Waals surface area contributed by atoms with E-state index < -0.39 is 0 Å². The van der Waals surface area contributed by atoms with Gasteiger partial charge in [0.2, 0.25) is 0 Å². The molecule has 3 nitrogen and oxygen atoms in total. The topological polar surface area (TPSA) is 46.2 Å². The highest BCUT2D eigenvalue weighted by atomic mass is 16.2. The van der Waals surface area contributed by atoms with E-state index in [1.807, 2.05) is 13.8 Å². The third-order valence-electron chi connectivity index (χ3n) is 6.03. The minimum Gasteiger partial charge on any atom is -0.382 e. The lowest BCUT2D eigenvalue weighted by molar-refractivity contribution is -0.127. The summed E-state index contributed by atoms with van der Waals surface area (Å²) < 4.78 is 0. The first-order chi connectivity index (χ1) is 12.4. The van der Waals surface area contributed by atoms with Gasteiger partial charge >= 0.3 is 0 Å². The number of carbonyl (C=O) groups excluding carboxylic acids is 2. The fourth-order valence-electron chi connectivity index (χ4n) is 4.26. The Morgan fingerprint density at radius 2 is 1.52 bits per heavy atom. The van der Waals surface area contributed by atoms with E-state index in [1.165, 1.54) is 6.42 Å². The molecule has 0 amide bonds. The summed E-state index contributed by atoms with van der Waals surface area (Å²) in [6.07, 6.45) is 8.21. The molecule has 1 rings (SSSR count). The Morgan fingerprint density at radius 1 is 0.963 bits per heavy atom. The van der Waals surface area contributed by atoms with Crippen LogP contribution in [0.4, 0.5) is 0 Å². The minimum absolute atomic E-state index is 0.0278. The highest BCUT2D eigenvalue weighted by Gasteiger charge is 2.39. The Bertz CT molecular complexity index is 549. The van der Waals surface area contributed by atoms with Gasteiger partial charge in [-0.3, -0.25) is 9.59 Å². The Balaban J connectivity index is 3.32. The van der Waals surface area contributed by atoms with Gasteiger partial charge in [0.15, 0.2) is 11.6 Å². The molecule has 1 N–H and O–H groups in total. The highest BCUT2D eigenvalue weighted by molar-refractivity contribution is 6.22. The van der Waals surface area contributed by atoms with Crippen LogP contribution in [0.5, 0.6) is 0 Å². The quantitative estimate of drug-likeness (QED) is 0.356. The molecule has 0 aromatic heterocycles. The Kier molecular flexibility index (Phi) is 8.31. The van der Waals surface area contributed by atoms with Gasteiger partial charge in [0, 0.05) is 24.1 Å². The molecule has 3 heteroatoms. The number of allylic oxidation sites excluding steroid dienone is 2. The van der Waals surface area contributed by atoms with Crippen LogP contribution in [0.15, 0.2) is 11.3 Å². The summed E-state index contributed by atoms with van der Waals surface area (Å²) in [5, 5.41) is 3.71. The van der Waals surface area contributed by atoms with Gasteiger partial charge in [0.1, 0.15) is 0 Å². The van der Waals surface area contributed by atoms with E-state index in [0.717, 1.165) is 44.2 Å². The molecule has 0 aromatic rings. The van der Waals surface area contributed by atoms with Gasteiger partial charge in [-0.25, -0.2) is 0 Å². The molecule has 0 radical (unpaired) electrons. The Morgan fingerprint density at radius 3 is 1.96 bits per heavy atom. The summed E-state index contributed by atoms with van der Waals surface area (Å²) in [6.45, 7) is 17.4. The van der Waals surface area contributed by atoms with Crippen molar-refractivity contribution in [2.75, 3.05) is 0 Å². The van der Waals surface area contributed by atoms with E-state index in [1.54, 1.807) is 0 Å². The van der Waals surface area contributed by atoms with Crippen LogP contribution in [0, 0.1) is 10.8 Å². The molecule has 0 aromatic carbocycles. The molecule has 1 atom stereocenters. The van der Waals surface area contributed by atoms with Crippen LogP contribution in [-0.4, -0.2) is 17.1 Å². The molecular formula is C24H43NO2. The normalized spacial score (nSPS) is 19.8. The monoisotopic (exact) mass is 377 g/mol. The zero-order valence-electron chi connectivity index (χ0n) is 19.2.